The summed E-state index contributed by atoms with van der Waals surface area (Å²) in [6.45, 7) is -0.0406. The Bertz CT molecular complexity index is 1250. The molecule has 0 saturated carbocycles. The summed E-state index contributed by atoms with van der Waals surface area (Å²) in [4.78, 5) is 25.0. The third-order valence-corrected chi connectivity index (χ3v) is 4.74. The Labute approximate surface area is 177 Å². The second-order valence-corrected chi connectivity index (χ2v) is 7.21. The van der Waals surface area contributed by atoms with Crippen LogP contribution in [0.3, 0.4) is 0 Å². The number of aromatic nitrogens is 3. The number of carbonyl (C=O) groups excluding carboxylic acids is 1. The minimum atomic E-state index is -0.559. The summed E-state index contributed by atoms with van der Waals surface area (Å²) in [7, 11) is 0. The maximum absolute atomic E-state index is 13.8. The molecule has 0 spiro atoms. The molecule has 0 fully saturated rings. The van der Waals surface area contributed by atoms with Gasteiger partial charge in [-0.05, 0) is 35.9 Å². The second-order valence-electron chi connectivity index (χ2n) is 6.77. The topological polar surface area (TPSA) is 93.8 Å². The number of nitrogens with one attached hydrogen (secondary N) is 1. The molecule has 0 aliphatic rings. The number of benzene rings is 1. The van der Waals surface area contributed by atoms with Crippen LogP contribution in [0.2, 0.25) is 5.02 Å². The predicted molar refractivity (Wildman–Crippen MR) is 114 cm³/mol. The highest BCUT2D eigenvalue weighted by molar-refractivity contribution is 6.31. The van der Waals surface area contributed by atoms with Gasteiger partial charge in [0.15, 0.2) is 0 Å². The van der Waals surface area contributed by atoms with Crippen LogP contribution in [0.5, 0.6) is 0 Å². The summed E-state index contributed by atoms with van der Waals surface area (Å²) in [6, 6.07) is 12.2. The number of nitrogen functional groups attached to an aromatic ring is 1. The molecule has 1 amide bonds. The number of pyridine rings is 3. The number of fused-ring (bicyclic) bond motifs is 1. The van der Waals surface area contributed by atoms with Crippen LogP contribution in [0.25, 0.3) is 10.9 Å². The number of amides is 1. The zero-order valence-electron chi connectivity index (χ0n) is 15.8. The van der Waals surface area contributed by atoms with Crippen molar-refractivity contribution in [2.45, 2.75) is 13.0 Å². The molecule has 1 aromatic carbocycles. The molecule has 6 nitrogen and oxygen atoms in total. The van der Waals surface area contributed by atoms with Crippen molar-refractivity contribution in [2.24, 2.45) is 0 Å². The van der Waals surface area contributed by atoms with Gasteiger partial charge in [-0.1, -0.05) is 17.7 Å². The molecule has 30 heavy (non-hydrogen) atoms. The van der Waals surface area contributed by atoms with Crippen LogP contribution in [0, 0.1) is 5.82 Å². The summed E-state index contributed by atoms with van der Waals surface area (Å²) in [5.41, 5.74) is 8.87. The number of hydrogen-bond acceptors (Lipinski definition) is 5. The normalized spacial score (nSPS) is 10.9. The van der Waals surface area contributed by atoms with Crippen LogP contribution < -0.4 is 11.1 Å². The van der Waals surface area contributed by atoms with Crippen molar-refractivity contribution in [3.63, 3.8) is 0 Å². The van der Waals surface area contributed by atoms with Gasteiger partial charge in [0.25, 0.3) is 5.91 Å². The number of nitrogens with zero attached hydrogens (tertiary/aromatic N) is 3. The Kier molecular flexibility index (Phi) is 5.54. The molecule has 0 atom stereocenters. The molecule has 3 heterocycles. The Morgan fingerprint density at radius 1 is 1.07 bits per heavy atom. The van der Waals surface area contributed by atoms with Crippen LogP contribution in [0.4, 0.5) is 10.1 Å². The maximum Gasteiger partial charge on any atom is 0.251 e. The fourth-order valence-corrected chi connectivity index (χ4v) is 3.23. The molecule has 4 aromatic rings. The lowest BCUT2D eigenvalue weighted by Crippen LogP contribution is -2.24. The number of nitrogens with two attached hydrogens (primary N) is 1. The Morgan fingerprint density at radius 3 is 2.77 bits per heavy atom. The first-order valence-corrected chi connectivity index (χ1v) is 9.53. The summed E-state index contributed by atoms with van der Waals surface area (Å²) in [5.74, 6) is -0.900. The third kappa shape index (κ3) is 4.52. The maximum atomic E-state index is 13.8. The van der Waals surface area contributed by atoms with Gasteiger partial charge in [-0.3, -0.25) is 19.7 Å². The molecule has 0 radical (unpaired) electrons. The summed E-state index contributed by atoms with van der Waals surface area (Å²) in [5, 5.41) is 4.17. The SMILES string of the molecule is Nc1cnc(CNC(=O)c2ccnc(Cc3ccc4ncc(Cl)cc4c3)c2)c(F)c1. The van der Waals surface area contributed by atoms with E-state index in [0.717, 1.165) is 22.2 Å². The van der Waals surface area contributed by atoms with Crippen LogP contribution in [0.1, 0.15) is 27.3 Å². The van der Waals surface area contributed by atoms with Crippen molar-refractivity contribution < 1.29 is 9.18 Å². The number of anilines is 1. The molecule has 0 bridgehead atoms. The highest BCUT2D eigenvalue weighted by Crippen LogP contribution is 2.20. The lowest BCUT2D eigenvalue weighted by Gasteiger charge is -2.08. The first kappa shape index (κ1) is 19.7. The fraction of sp³-hybridized carbons (Fsp3) is 0.0909. The smallest absolute Gasteiger partial charge is 0.251 e. The lowest BCUT2D eigenvalue weighted by atomic mass is 10.0. The minimum absolute atomic E-state index is 0.0406. The van der Waals surface area contributed by atoms with E-state index in [2.05, 4.69) is 20.3 Å². The van der Waals surface area contributed by atoms with Crippen LogP contribution in [-0.4, -0.2) is 20.9 Å². The van der Waals surface area contributed by atoms with Gasteiger partial charge in [0.1, 0.15) is 5.82 Å². The van der Waals surface area contributed by atoms with Crippen LogP contribution in [0.15, 0.2) is 61.1 Å². The summed E-state index contributed by atoms with van der Waals surface area (Å²) >= 11 is 6.02. The monoisotopic (exact) mass is 421 g/mol. The molecule has 3 N–H and O–H groups in total. The van der Waals surface area contributed by atoms with Gasteiger partial charge in [0.2, 0.25) is 0 Å². The largest absolute Gasteiger partial charge is 0.397 e. The summed E-state index contributed by atoms with van der Waals surface area (Å²) in [6.07, 6.45) is 5.07. The Morgan fingerprint density at radius 2 is 1.93 bits per heavy atom. The van der Waals surface area contributed by atoms with Crippen molar-refractivity contribution in [3.8, 4) is 0 Å². The molecule has 0 saturated heterocycles. The first-order chi connectivity index (χ1) is 14.5. The molecule has 8 heteroatoms. The van der Waals surface area contributed by atoms with Gasteiger partial charge in [-0.25, -0.2) is 4.39 Å². The van der Waals surface area contributed by atoms with Crippen molar-refractivity contribution in [1.29, 1.82) is 0 Å². The van der Waals surface area contributed by atoms with Gasteiger partial charge >= 0.3 is 0 Å². The number of halogens is 2. The van der Waals surface area contributed by atoms with E-state index < -0.39 is 5.82 Å². The minimum Gasteiger partial charge on any atom is -0.397 e. The van der Waals surface area contributed by atoms with E-state index >= 15 is 0 Å². The standard InChI is InChI=1S/C22H17ClFN5O/c23-16-7-15-5-13(1-2-20(15)27-10-16)6-18-8-14(3-4-26-18)22(30)29-12-21-19(24)9-17(25)11-28-21/h1-5,7-11H,6,12,25H2,(H,29,30). The highest BCUT2D eigenvalue weighted by atomic mass is 35.5. The fourth-order valence-electron chi connectivity index (χ4n) is 3.07. The van der Waals surface area contributed by atoms with E-state index in [-0.39, 0.29) is 23.8 Å². The van der Waals surface area contributed by atoms with Gasteiger partial charge in [0.05, 0.1) is 34.7 Å². The van der Waals surface area contributed by atoms with Gasteiger partial charge in [-0.2, -0.15) is 0 Å². The number of carbonyl (C=O) groups is 1. The highest BCUT2D eigenvalue weighted by Gasteiger charge is 2.10. The average molecular weight is 422 g/mol. The molecule has 0 aliphatic carbocycles. The average Bonchev–Trinajstić information content (AvgIpc) is 2.73. The van der Waals surface area contributed by atoms with E-state index in [1.807, 2.05) is 24.3 Å². The van der Waals surface area contributed by atoms with Crippen molar-refractivity contribution in [3.05, 3.63) is 94.4 Å². The van der Waals surface area contributed by atoms with Gasteiger partial charge in [0, 0.05) is 41.5 Å². The van der Waals surface area contributed by atoms with E-state index in [0.29, 0.717) is 17.0 Å². The van der Waals surface area contributed by atoms with Crippen LogP contribution in [-0.2, 0) is 13.0 Å². The predicted octanol–water partition coefficient (Wildman–Crippen LogP) is 3.92. The van der Waals surface area contributed by atoms with Crippen molar-refractivity contribution in [1.82, 2.24) is 20.3 Å². The molecular weight excluding hydrogens is 405 g/mol. The van der Waals surface area contributed by atoms with E-state index in [9.17, 15) is 9.18 Å². The molecule has 150 valence electrons. The third-order valence-electron chi connectivity index (χ3n) is 4.53. The lowest BCUT2D eigenvalue weighted by molar-refractivity contribution is 0.0950. The molecule has 3 aromatic heterocycles. The zero-order valence-corrected chi connectivity index (χ0v) is 16.5. The molecule has 0 unspecified atom stereocenters. The van der Waals surface area contributed by atoms with Gasteiger partial charge in [-0.15, -0.1) is 0 Å². The number of hydrogen-bond donors (Lipinski definition) is 2. The van der Waals surface area contributed by atoms with Crippen molar-refractivity contribution >= 4 is 34.1 Å². The van der Waals surface area contributed by atoms with E-state index in [1.54, 1.807) is 24.5 Å². The van der Waals surface area contributed by atoms with Crippen molar-refractivity contribution in [2.75, 3.05) is 5.73 Å². The molecular formula is C22H17ClFN5O. The quantitative estimate of drug-likeness (QED) is 0.509. The Hall–Kier alpha value is -3.58. The molecule has 0 aliphatic heterocycles. The zero-order chi connectivity index (χ0) is 21.1. The van der Waals surface area contributed by atoms with Gasteiger partial charge < -0.3 is 11.1 Å². The summed E-state index contributed by atoms with van der Waals surface area (Å²) < 4.78 is 13.8. The van der Waals surface area contributed by atoms with E-state index in [4.69, 9.17) is 17.3 Å². The Balaban J connectivity index is 1.47. The van der Waals surface area contributed by atoms with Crippen LogP contribution >= 0.6 is 11.6 Å². The second kappa shape index (κ2) is 8.42. The van der Waals surface area contributed by atoms with E-state index in [1.165, 1.54) is 12.3 Å². The number of rotatable bonds is 5. The first-order valence-electron chi connectivity index (χ1n) is 9.15. The molecule has 4 rings (SSSR count).